The molecule has 10 nitrogen and oxygen atoms in total. The minimum absolute atomic E-state index is 0.0150. The van der Waals surface area contributed by atoms with E-state index in [0.717, 1.165) is 19.3 Å². The highest BCUT2D eigenvalue weighted by Gasteiger charge is 2.26. The van der Waals surface area contributed by atoms with Crippen LogP contribution in [0, 0.1) is 0 Å². The number of nitrogens with zero attached hydrogens (tertiary/aromatic N) is 3. The van der Waals surface area contributed by atoms with E-state index in [1.165, 1.54) is 33.3 Å². The molecule has 2 aromatic carbocycles. The quantitative estimate of drug-likeness (QED) is 0.531. The maximum Gasteiger partial charge on any atom is 0.290 e. The third-order valence-electron chi connectivity index (χ3n) is 5.72. The number of hydrogen-bond acceptors (Lipinski definition) is 6. The lowest BCUT2D eigenvalue weighted by Crippen LogP contribution is -2.43. The van der Waals surface area contributed by atoms with Gasteiger partial charge in [0, 0.05) is 30.6 Å². The van der Waals surface area contributed by atoms with Crippen LogP contribution >= 0.6 is 0 Å². The summed E-state index contributed by atoms with van der Waals surface area (Å²) in [5, 5.41) is 4.82. The number of piperidine rings is 1. The number of hydrogen-bond donors (Lipinski definition) is 2. The first-order valence-electron chi connectivity index (χ1n) is 11.0. The van der Waals surface area contributed by atoms with Crippen molar-refractivity contribution in [3.63, 3.8) is 0 Å². The molecular weight excluding hydrogens is 458 g/mol. The monoisotopic (exact) mass is 483 g/mol. The second-order valence-electron chi connectivity index (χ2n) is 7.92. The van der Waals surface area contributed by atoms with E-state index in [4.69, 9.17) is 0 Å². The van der Waals surface area contributed by atoms with Crippen LogP contribution in [0.3, 0.4) is 0 Å². The second kappa shape index (κ2) is 9.74. The van der Waals surface area contributed by atoms with E-state index in [2.05, 4.69) is 16.0 Å². The van der Waals surface area contributed by atoms with Gasteiger partial charge in [-0.3, -0.25) is 25.2 Å². The maximum atomic E-state index is 12.9. The SMILES string of the molecule is CCn1nc(C(=O)NNC(=O)c2cccc(S(=O)(=O)N3CCCCC3)c2)c2ccccc2c1=O. The average Bonchev–Trinajstić information content (AvgIpc) is 2.88. The summed E-state index contributed by atoms with van der Waals surface area (Å²) in [6, 6.07) is 12.3. The molecule has 0 saturated carbocycles. The number of carbonyl (C=O) groups is 2. The molecular formula is C23H25N5O5S. The number of carbonyl (C=O) groups excluding carboxylic acids is 2. The first-order chi connectivity index (χ1) is 16.3. The van der Waals surface area contributed by atoms with Gasteiger partial charge in [-0.05, 0) is 44.0 Å². The van der Waals surface area contributed by atoms with E-state index in [-0.39, 0.29) is 28.3 Å². The third kappa shape index (κ3) is 4.57. The van der Waals surface area contributed by atoms with Crippen LogP contribution in [0.5, 0.6) is 0 Å². The van der Waals surface area contributed by atoms with Gasteiger partial charge in [-0.15, -0.1) is 0 Å². The fourth-order valence-electron chi connectivity index (χ4n) is 3.91. The van der Waals surface area contributed by atoms with Crippen molar-refractivity contribution in [3.8, 4) is 0 Å². The number of aromatic nitrogens is 2. The summed E-state index contributed by atoms with van der Waals surface area (Å²) in [6.07, 6.45) is 2.60. The van der Waals surface area contributed by atoms with E-state index in [0.29, 0.717) is 23.9 Å². The third-order valence-corrected chi connectivity index (χ3v) is 7.62. The summed E-state index contributed by atoms with van der Waals surface area (Å²) in [5.74, 6) is -1.39. The van der Waals surface area contributed by atoms with E-state index >= 15 is 0 Å². The standard InChI is InChI=1S/C23H25N5O5S/c1-2-28-23(31)19-12-5-4-11-18(19)20(26-28)22(30)25-24-21(29)16-9-8-10-17(15-16)34(32,33)27-13-6-3-7-14-27/h4-5,8-12,15H,2-3,6-7,13-14H2,1H3,(H,24,29)(H,25,30). The summed E-state index contributed by atoms with van der Waals surface area (Å²) in [5.41, 5.74) is 4.35. The van der Waals surface area contributed by atoms with Crippen molar-refractivity contribution in [1.82, 2.24) is 24.9 Å². The molecule has 1 fully saturated rings. The molecule has 1 aliphatic heterocycles. The number of nitrogens with one attached hydrogen (secondary N) is 2. The molecule has 1 saturated heterocycles. The Hall–Kier alpha value is -3.57. The Labute approximate surface area is 196 Å². The number of fused-ring (bicyclic) bond motifs is 1. The Balaban J connectivity index is 1.53. The Kier molecular flexibility index (Phi) is 6.75. The summed E-state index contributed by atoms with van der Waals surface area (Å²) >= 11 is 0. The number of rotatable bonds is 5. The first-order valence-corrected chi connectivity index (χ1v) is 12.5. The smallest absolute Gasteiger partial charge is 0.267 e. The minimum atomic E-state index is -3.70. The first kappa shape index (κ1) is 23.6. The van der Waals surface area contributed by atoms with Crippen LogP contribution in [-0.2, 0) is 16.6 Å². The molecule has 0 radical (unpaired) electrons. The molecule has 1 aliphatic rings. The molecule has 11 heteroatoms. The lowest BCUT2D eigenvalue weighted by atomic mass is 10.1. The molecule has 0 spiro atoms. The lowest BCUT2D eigenvalue weighted by molar-refractivity contribution is 0.0843. The van der Waals surface area contributed by atoms with Crippen molar-refractivity contribution >= 4 is 32.6 Å². The summed E-state index contributed by atoms with van der Waals surface area (Å²) in [4.78, 5) is 38.0. The minimum Gasteiger partial charge on any atom is -0.267 e. The van der Waals surface area contributed by atoms with Crippen molar-refractivity contribution in [1.29, 1.82) is 0 Å². The van der Waals surface area contributed by atoms with Crippen LogP contribution in [0.25, 0.3) is 10.8 Å². The lowest BCUT2D eigenvalue weighted by Gasteiger charge is -2.26. The van der Waals surface area contributed by atoms with Crippen molar-refractivity contribution in [2.24, 2.45) is 0 Å². The highest BCUT2D eigenvalue weighted by atomic mass is 32.2. The van der Waals surface area contributed by atoms with Crippen LogP contribution in [0.4, 0.5) is 0 Å². The molecule has 1 aromatic heterocycles. The van der Waals surface area contributed by atoms with E-state index in [1.54, 1.807) is 31.2 Å². The molecule has 3 aromatic rings. The Morgan fingerprint density at radius 2 is 1.62 bits per heavy atom. The van der Waals surface area contributed by atoms with E-state index in [9.17, 15) is 22.8 Å². The largest absolute Gasteiger partial charge is 0.290 e. The Morgan fingerprint density at radius 1 is 0.941 bits per heavy atom. The maximum absolute atomic E-state index is 12.9. The predicted molar refractivity (Wildman–Crippen MR) is 126 cm³/mol. The molecule has 178 valence electrons. The van der Waals surface area contributed by atoms with Gasteiger partial charge < -0.3 is 0 Å². The van der Waals surface area contributed by atoms with Crippen LogP contribution < -0.4 is 16.4 Å². The fraction of sp³-hybridized carbons (Fsp3) is 0.304. The van der Waals surface area contributed by atoms with E-state index < -0.39 is 21.8 Å². The van der Waals surface area contributed by atoms with Gasteiger partial charge in [-0.2, -0.15) is 9.40 Å². The number of hydrazine groups is 1. The summed E-state index contributed by atoms with van der Waals surface area (Å²) < 4.78 is 28.4. The van der Waals surface area contributed by atoms with Crippen molar-refractivity contribution in [2.45, 2.75) is 37.6 Å². The molecule has 2 amide bonds. The zero-order chi connectivity index (χ0) is 24.3. The molecule has 2 heterocycles. The van der Waals surface area contributed by atoms with Gasteiger partial charge >= 0.3 is 0 Å². The van der Waals surface area contributed by atoms with E-state index in [1.807, 2.05) is 0 Å². The number of amides is 2. The molecule has 0 unspecified atom stereocenters. The van der Waals surface area contributed by atoms with Gasteiger partial charge in [0.05, 0.1) is 10.3 Å². The number of benzene rings is 2. The van der Waals surface area contributed by atoms with Gasteiger partial charge in [0.1, 0.15) is 0 Å². The Bertz CT molecular complexity index is 1410. The topological polar surface area (TPSA) is 130 Å². The van der Waals surface area contributed by atoms with Crippen LogP contribution in [0.15, 0.2) is 58.2 Å². The molecule has 0 atom stereocenters. The van der Waals surface area contributed by atoms with Gasteiger partial charge in [-0.1, -0.05) is 30.7 Å². The summed E-state index contributed by atoms with van der Waals surface area (Å²) in [6.45, 7) is 2.91. The van der Waals surface area contributed by atoms with Gasteiger partial charge in [0.15, 0.2) is 5.69 Å². The zero-order valence-corrected chi connectivity index (χ0v) is 19.5. The van der Waals surface area contributed by atoms with Gasteiger partial charge in [0.25, 0.3) is 17.4 Å². The molecule has 4 rings (SSSR count). The fourth-order valence-corrected chi connectivity index (χ4v) is 5.48. The molecule has 2 N–H and O–H groups in total. The number of sulfonamides is 1. The van der Waals surface area contributed by atoms with Crippen LogP contribution in [0.2, 0.25) is 0 Å². The average molecular weight is 484 g/mol. The van der Waals surface area contributed by atoms with Crippen LogP contribution in [0.1, 0.15) is 47.0 Å². The molecule has 34 heavy (non-hydrogen) atoms. The second-order valence-corrected chi connectivity index (χ2v) is 9.85. The van der Waals surface area contributed by atoms with Crippen LogP contribution in [-0.4, -0.2) is 47.4 Å². The van der Waals surface area contributed by atoms with Gasteiger partial charge in [0.2, 0.25) is 10.0 Å². The highest BCUT2D eigenvalue weighted by Crippen LogP contribution is 2.21. The highest BCUT2D eigenvalue weighted by molar-refractivity contribution is 7.89. The zero-order valence-electron chi connectivity index (χ0n) is 18.7. The van der Waals surface area contributed by atoms with Crippen molar-refractivity contribution < 1.29 is 18.0 Å². The van der Waals surface area contributed by atoms with Crippen molar-refractivity contribution in [3.05, 3.63) is 70.1 Å². The molecule has 0 aliphatic carbocycles. The normalized spacial score (nSPS) is 14.6. The van der Waals surface area contributed by atoms with Crippen molar-refractivity contribution in [2.75, 3.05) is 13.1 Å². The molecule has 0 bridgehead atoms. The number of aryl methyl sites for hydroxylation is 1. The van der Waals surface area contributed by atoms with Gasteiger partial charge in [-0.25, -0.2) is 13.1 Å². The Morgan fingerprint density at radius 3 is 2.32 bits per heavy atom. The predicted octanol–water partition coefficient (Wildman–Crippen LogP) is 1.67. The summed E-state index contributed by atoms with van der Waals surface area (Å²) in [7, 11) is -3.70.